The third kappa shape index (κ3) is 4.51. The zero-order chi connectivity index (χ0) is 11.9. The highest BCUT2D eigenvalue weighted by Crippen LogP contribution is 2.18. The van der Waals surface area contributed by atoms with Gasteiger partial charge in [0.1, 0.15) is 0 Å². The van der Waals surface area contributed by atoms with E-state index >= 15 is 0 Å². The van der Waals surface area contributed by atoms with Crippen LogP contribution in [-0.4, -0.2) is 12.1 Å². The zero-order valence-electron chi connectivity index (χ0n) is 11.0. The van der Waals surface area contributed by atoms with Crippen LogP contribution in [0.5, 0.6) is 0 Å². The van der Waals surface area contributed by atoms with E-state index in [-0.39, 0.29) is 0 Å². The summed E-state index contributed by atoms with van der Waals surface area (Å²) < 4.78 is 0. The van der Waals surface area contributed by atoms with Gasteiger partial charge in [0.2, 0.25) is 0 Å². The smallest absolute Gasteiger partial charge is 0.00817 e. The predicted octanol–water partition coefficient (Wildman–Crippen LogP) is 3.93. The standard InChI is InChI=1S/C16H25N/c1-14(13-15-9-5-4-6-10-15)17-16-11-7-2-3-8-12-16/h4-6,9-10,14,16-17H,2-3,7-8,11-13H2,1H3/t14-/m0/s1. The Labute approximate surface area is 106 Å². The molecule has 0 saturated heterocycles. The molecule has 1 nitrogen and oxygen atoms in total. The molecule has 1 fully saturated rings. The van der Waals surface area contributed by atoms with Crippen LogP contribution in [0.3, 0.4) is 0 Å². The van der Waals surface area contributed by atoms with Gasteiger partial charge in [0.05, 0.1) is 0 Å². The van der Waals surface area contributed by atoms with E-state index in [0.717, 1.165) is 12.5 Å². The van der Waals surface area contributed by atoms with Crippen molar-refractivity contribution in [3.8, 4) is 0 Å². The Morgan fingerprint density at radius 2 is 1.71 bits per heavy atom. The van der Waals surface area contributed by atoms with Crippen LogP contribution in [-0.2, 0) is 6.42 Å². The number of nitrogens with one attached hydrogen (secondary N) is 1. The van der Waals surface area contributed by atoms with Crippen molar-refractivity contribution in [3.63, 3.8) is 0 Å². The Balaban J connectivity index is 1.78. The molecule has 1 aliphatic carbocycles. The van der Waals surface area contributed by atoms with E-state index in [1.165, 1.54) is 44.1 Å². The molecule has 1 aromatic rings. The van der Waals surface area contributed by atoms with Gasteiger partial charge in [-0.2, -0.15) is 0 Å². The molecular formula is C16H25N. The molecule has 0 aliphatic heterocycles. The van der Waals surface area contributed by atoms with Crippen molar-refractivity contribution in [2.45, 2.75) is 64.0 Å². The molecule has 1 saturated carbocycles. The van der Waals surface area contributed by atoms with Crippen molar-refractivity contribution in [1.82, 2.24) is 5.32 Å². The lowest BCUT2D eigenvalue weighted by Gasteiger charge is -2.22. The number of hydrogen-bond donors (Lipinski definition) is 1. The molecule has 1 heteroatoms. The Bertz CT molecular complexity index is 299. The summed E-state index contributed by atoms with van der Waals surface area (Å²) in [6.07, 6.45) is 9.59. The summed E-state index contributed by atoms with van der Waals surface area (Å²) in [6, 6.07) is 12.2. The van der Waals surface area contributed by atoms with Crippen molar-refractivity contribution in [3.05, 3.63) is 35.9 Å². The molecule has 0 aromatic heterocycles. The van der Waals surface area contributed by atoms with Crippen LogP contribution >= 0.6 is 0 Å². The molecule has 0 unspecified atom stereocenters. The molecule has 1 atom stereocenters. The summed E-state index contributed by atoms with van der Waals surface area (Å²) in [6.45, 7) is 2.32. The topological polar surface area (TPSA) is 12.0 Å². The average molecular weight is 231 g/mol. The van der Waals surface area contributed by atoms with Gasteiger partial charge in [-0.25, -0.2) is 0 Å². The minimum Gasteiger partial charge on any atom is -0.311 e. The van der Waals surface area contributed by atoms with Crippen LogP contribution in [0.25, 0.3) is 0 Å². The maximum absolute atomic E-state index is 3.81. The van der Waals surface area contributed by atoms with Crippen molar-refractivity contribution in [1.29, 1.82) is 0 Å². The number of rotatable bonds is 4. The molecule has 94 valence electrons. The van der Waals surface area contributed by atoms with Crippen LogP contribution in [0.1, 0.15) is 51.0 Å². The number of benzene rings is 1. The van der Waals surface area contributed by atoms with Crippen LogP contribution in [0.4, 0.5) is 0 Å². The largest absolute Gasteiger partial charge is 0.311 e. The predicted molar refractivity (Wildman–Crippen MR) is 74.2 cm³/mol. The molecule has 0 amide bonds. The first kappa shape index (κ1) is 12.6. The van der Waals surface area contributed by atoms with Crippen LogP contribution in [0, 0.1) is 0 Å². The second-order valence-corrected chi connectivity index (χ2v) is 5.45. The van der Waals surface area contributed by atoms with Gasteiger partial charge in [-0.15, -0.1) is 0 Å². The van der Waals surface area contributed by atoms with E-state index in [1.807, 2.05) is 0 Å². The lowest BCUT2D eigenvalue weighted by Crippen LogP contribution is -2.37. The summed E-state index contributed by atoms with van der Waals surface area (Å²) in [4.78, 5) is 0. The summed E-state index contributed by atoms with van der Waals surface area (Å²) >= 11 is 0. The van der Waals surface area contributed by atoms with E-state index in [2.05, 4.69) is 42.6 Å². The average Bonchev–Trinajstić information content (AvgIpc) is 2.59. The van der Waals surface area contributed by atoms with Gasteiger partial charge < -0.3 is 5.32 Å². The fourth-order valence-corrected chi connectivity index (χ4v) is 2.87. The Morgan fingerprint density at radius 1 is 1.06 bits per heavy atom. The lowest BCUT2D eigenvalue weighted by molar-refractivity contribution is 0.406. The summed E-state index contributed by atoms with van der Waals surface area (Å²) in [5, 5.41) is 3.81. The van der Waals surface area contributed by atoms with Gasteiger partial charge in [-0.3, -0.25) is 0 Å². The van der Waals surface area contributed by atoms with Crippen molar-refractivity contribution in [2.24, 2.45) is 0 Å². The molecule has 0 spiro atoms. The highest BCUT2D eigenvalue weighted by molar-refractivity contribution is 5.15. The van der Waals surface area contributed by atoms with Gasteiger partial charge in [-0.1, -0.05) is 56.0 Å². The van der Waals surface area contributed by atoms with Crippen molar-refractivity contribution >= 4 is 0 Å². The fraction of sp³-hybridized carbons (Fsp3) is 0.625. The molecular weight excluding hydrogens is 206 g/mol. The van der Waals surface area contributed by atoms with Gasteiger partial charge in [0, 0.05) is 12.1 Å². The Morgan fingerprint density at radius 3 is 2.35 bits per heavy atom. The number of hydrogen-bond acceptors (Lipinski definition) is 1. The quantitative estimate of drug-likeness (QED) is 0.774. The molecule has 0 heterocycles. The van der Waals surface area contributed by atoms with Crippen LogP contribution < -0.4 is 5.32 Å². The second-order valence-electron chi connectivity index (χ2n) is 5.45. The monoisotopic (exact) mass is 231 g/mol. The highest BCUT2D eigenvalue weighted by atomic mass is 14.9. The normalized spacial score (nSPS) is 19.8. The summed E-state index contributed by atoms with van der Waals surface area (Å²) in [7, 11) is 0. The first-order chi connectivity index (χ1) is 8.34. The van der Waals surface area contributed by atoms with Crippen molar-refractivity contribution < 1.29 is 0 Å². The van der Waals surface area contributed by atoms with E-state index < -0.39 is 0 Å². The Hall–Kier alpha value is -0.820. The SMILES string of the molecule is C[C@@H](Cc1ccccc1)NC1CCCCCC1. The fourth-order valence-electron chi connectivity index (χ4n) is 2.87. The summed E-state index contributed by atoms with van der Waals surface area (Å²) in [5.74, 6) is 0. The Kier molecular flexibility index (Phi) is 5.06. The van der Waals surface area contributed by atoms with E-state index in [4.69, 9.17) is 0 Å². The van der Waals surface area contributed by atoms with Crippen molar-refractivity contribution in [2.75, 3.05) is 0 Å². The third-order valence-corrected chi connectivity index (χ3v) is 3.76. The molecule has 1 aromatic carbocycles. The van der Waals surface area contributed by atoms with Crippen LogP contribution in [0.15, 0.2) is 30.3 Å². The second kappa shape index (κ2) is 6.80. The van der Waals surface area contributed by atoms with Gasteiger partial charge in [0.15, 0.2) is 0 Å². The maximum atomic E-state index is 3.81. The molecule has 2 rings (SSSR count). The van der Waals surface area contributed by atoms with Gasteiger partial charge in [0.25, 0.3) is 0 Å². The highest BCUT2D eigenvalue weighted by Gasteiger charge is 2.14. The molecule has 17 heavy (non-hydrogen) atoms. The molecule has 1 N–H and O–H groups in total. The van der Waals surface area contributed by atoms with E-state index in [9.17, 15) is 0 Å². The van der Waals surface area contributed by atoms with Gasteiger partial charge >= 0.3 is 0 Å². The zero-order valence-corrected chi connectivity index (χ0v) is 11.0. The minimum atomic E-state index is 0.598. The third-order valence-electron chi connectivity index (χ3n) is 3.76. The molecule has 0 bridgehead atoms. The molecule has 1 aliphatic rings. The summed E-state index contributed by atoms with van der Waals surface area (Å²) in [5.41, 5.74) is 1.45. The molecule has 0 radical (unpaired) electrons. The van der Waals surface area contributed by atoms with E-state index in [1.54, 1.807) is 0 Å². The van der Waals surface area contributed by atoms with E-state index in [0.29, 0.717) is 6.04 Å². The lowest BCUT2D eigenvalue weighted by atomic mass is 10.0. The minimum absolute atomic E-state index is 0.598. The maximum Gasteiger partial charge on any atom is 0.00817 e. The first-order valence-corrected chi connectivity index (χ1v) is 7.14. The van der Waals surface area contributed by atoms with Gasteiger partial charge in [-0.05, 0) is 31.7 Å². The first-order valence-electron chi connectivity index (χ1n) is 7.14. The van der Waals surface area contributed by atoms with Crippen LogP contribution in [0.2, 0.25) is 0 Å².